The lowest BCUT2D eigenvalue weighted by molar-refractivity contribution is 0.0383. The second-order valence-electron chi connectivity index (χ2n) is 5.20. The number of rotatable bonds is 0. The van der Waals surface area contributed by atoms with E-state index in [-0.39, 0.29) is 12.1 Å². The van der Waals surface area contributed by atoms with Gasteiger partial charge < -0.3 is 10.8 Å². The fourth-order valence-electron chi connectivity index (χ4n) is 3.56. The van der Waals surface area contributed by atoms with Gasteiger partial charge >= 0.3 is 0 Å². The highest BCUT2D eigenvalue weighted by molar-refractivity contribution is 5.37. The number of fused-ring (bicyclic) bond motifs is 3. The highest BCUT2D eigenvalue weighted by atomic mass is 16.3. The highest BCUT2D eigenvalue weighted by Crippen LogP contribution is 2.47. The van der Waals surface area contributed by atoms with Crippen LogP contribution in [-0.2, 0) is 0 Å². The van der Waals surface area contributed by atoms with E-state index < -0.39 is 0 Å². The second kappa shape index (κ2) is 3.86. The molecule has 3 N–H and O–H groups in total. The average Bonchev–Trinajstić information content (AvgIpc) is 2.36. The van der Waals surface area contributed by atoms with Crippen LogP contribution in [0, 0.1) is 5.92 Å². The van der Waals surface area contributed by atoms with Crippen LogP contribution in [0.3, 0.4) is 0 Å². The highest BCUT2D eigenvalue weighted by Gasteiger charge is 2.40. The average molecular weight is 217 g/mol. The Morgan fingerprint density at radius 3 is 2.56 bits per heavy atom. The van der Waals surface area contributed by atoms with Crippen LogP contribution in [0.2, 0.25) is 0 Å². The Morgan fingerprint density at radius 2 is 1.75 bits per heavy atom. The molecular weight excluding hydrogens is 198 g/mol. The Bertz CT molecular complexity index is 390. The minimum atomic E-state index is -0.347. The fourth-order valence-corrected chi connectivity index (χ4v) is 3.56. The first-order valence-electron chi connectivity index (χ1n) is 6.31. The molecule has 1 aromatic rings. The van der Waals surface area contributed by atoms with Gasteiger partial charge in [0, 0.05) is 0 Å². The van der Waals surface area contributed by atoms with Gasteiger partial charge in [-0.05, 0) is 35.8 Å². The van der Waals surface area contributed by atoms with Gasteiger partial charge in [-0.3, -0.25) is 0 Å². The molecule has 4 atom stereocenters. The van der Waals surface area contributed by atoms with Crippen molar-refractivity contribution in [2.75, 3.05) is 0 Å². The van der Waals surface area contributed by atoms with Crippen molar-refractivity contribution < 1.29 is 5.11 Å². The van der Waals surface area contributed by atoms with Gasteiger partial charge in [0.15, 0.2) is 0 Å². The SMILES string of the molecule is N[C@@H]1c2ccccc2[C@@H]2CCCC[C@H]2[C@@H]1O. The van der Waals surface area contributed by atoms with Gasteiger partial charge in [0.2, 0.25) is 0 Å². The summed E-state index contributed by atoms with van der Waals surface area (Å²) < 4.78 is 0. The van der Waals surface area contributed by atoms with Crippen molar-refractivity contribution in [1.82, 2.24) is 0 Å². The summed E-state index contributed by atoms with van der Waals surface area (Å²) in [5.41, 5.74) is 8.71. The lowest BCUT2D eigenvalue weighted by atomic mass is 9.65. The van der Waals surface area contributed by atoms with E-state index in [1.165, 1.54) is 24.8 Å². The van der Waals surface area contributed by atoms with Gasteiger partial charge in [0.1, 0.15) is 0 Å². The molecule has 0 amide bonds. The predicted molar refractivity (Wildman–Crippen MR) is 64.1 cm³/mol. The first kappa shape index (κ1) is 10.3. The normalized spacial score (nSPS) is 37.6. The fraction of sp³-hybridized carbons (Fsp3) is 0.571. The van der Waals surface area contributed by atoms with Crippen LogP contribution in [-0.4, -0.2) is 11.2 Å². The van der Waals surface area contributed by atoms with E-state index in [0.29, 0.717) is 11.8 Å². The Hall–Kier alpha value is -0.860. The summed E-state index contributed by atoms with van der Waals surface area (Å²) in [5.74, 6) is 0.929. The van der Waals surface area contributed by atoms with Crippen molar-refractivity contribution in [3.8, 4) is 0 Å². The van der Waals surface area contributed by atoms with Crippen LogP contribution < -0.4 is 5.73 Å². The summed E-state index contributed by atoms with van der Waals surface area (Å²) in [4.78, 5) is 0. The van der Waals surface area contributed by atoms with Gasteiger partial charge in [-0.2, -0.15) is 0 Å². The molecule has 2 nitrogen and oxygen atoms in total. The molecule has 16 heavy (non-hydrogen) atoms. The van der Waals surface area contributed by atoms with Gasteiger partial charge in [-0.25, -0.2) is 0 Å². The summed E-state index contributed by atoms with van der Waals surface area (Å²) in [6.45, 7) is 0. The minimum Gasteiger partial charge on any atom is -0.391 e. The van der Waals surface area contributed by atoms with Crippen molar-refractivity contribution in [3.63, 3.8) is 0 Å². The quantitative estimate of drug-likeness (QED) is 0.700. The number of aliphatic hydroxyl groups is 1. The Labute approximate surface area is 96.5 Å². The maximum Gasteiger partial charge on any atom is 0.0766 e. The van der Waals surface area contributed by atoms with Crippen LogP contribution in [0.25, 0.3) is 0 Å². The van der Waals surface area contributed by atoms with Crippen molar-refractivity contribution >= 4 is 0 Å². The summed E-state index contributed by atoms with van der Waals surface area (Å²) in [6.07, 6.45) is 4.53. The monoisotopic (exact) mass is 217 g/mol. The molecule has 2 heteroatoms. The molecule has 0 unspecified atom stereocenters. The third-order valence-electron chi connectivity index (χ3n) is 4.38. The standard InChI is InChI=1S/C14H19NO/c15-13-11-7-3-1-5-9(11)10-6-2-4-8-12(10)14(13)16/h1,3,5,7,10,12-14,16H,2,4,6,8,15H2/t10-,12+,13+,14-/m0/s1. The van der Waals surface area contributed by atoms with E-state index in [0.717, 1.165) is 12.0 Å². The van der Waals surface area contributed by atoms with Crippen LogP contribution in [0.15, 0.2) is 24.3 Å². The first-order valence-corrected chi connectivity index (χ1v) is 6.31. The van der Waals surface area contributed by atoms with Crippen molar-refractivity contribution in [2.24, 2.45) is 11.7 Å². The summed E-state index contributed by atoms with van der Waals surface area (Å²) in [7, 11) is 0. The smallest absolute Gasteiger partial charge is 0.0766 e. The lowest BCUT2D eigenvalue weighted by Crippen LogP contribution is -2.42. The number of benzene rings is 1. The Balaban J connectivity index is 2.07. The Morgan fingerprint density at radius 1 is 1.06 bits per heavy atom. The lowest BCUT2D eigenvalue weighted by Gasteiger charge is -2.43. The third kappa shape index (κ3) is 1.40. The molecule has 0 saturated heterocycles. The van der Waals surface area contributed by atoms with Gasteiger partial charge in [0.05, 0.1) is 12.1 Å². The number of nitrogens with two attached hydrogens (primary N) is 1. The van der Waals surface area contributed by atoms with E-state index in [2.05, 4.69) is 18.2 Å². The van der Waals surface area contributed by atoms with Crippen molar-refractivity contribution in [2.45, 2.75) is 43.7 Å². The molecule has 3 rings (SSSR count). The van der Waals surface area contributed by atoms with Gasteiger partial charge in [-0.1, -0.05) is 37.1 Å². The van der Waals surface area contributed by atoms with Crippen molar-refractivity contribution in [3.05, 3.63) is 35.4 Å². The van der Waals surface area contributed by atoms with Gasteiger partial charge in [-0.15, -0.1) is 0 Å². The van der Waals surface area contributed by atoms with Gasteiger partial charge in [0.25, 0.3) is 0 Å². The van der Waals surface area contributed by atoms with Crippen LogP contribution in [0.4, 0.5) is 0 Å². The van der Waals surface area contributed by atoms with Crippen molar-refractivity contribution in [1.29, 1.82) is 0 Å². The third-order valence-corrected chi connectivity index (χ3v) is 4.38. The van der Waals surface area contributed by atoms with E-state index >= 15 is 0 Å². The molecule has 0 spiro atoms. The molecular formula is C14H19NO. The largest absolute Gasteiger partial charge is 0.391 e. The van der Waals surface area contributed by atoms with Crippen LogP contribution in [0.1, 0.15) is 48.8 Å². The molecule has 1 fully saturated rings. The van der Waals surface area contributed by atoms with Crippen LogP contribution >= 0.6 is 0 Å². The van der Waals surface area contributed by atoms with E-state index in [1.54, 1.807) is 0 Å². The predicted octanol–water partition coefficient (Wildman–Crippen LogP) is 2.33. The minimum absolute atomic E-state index is 0.185. The van der Waals surface area contributed by atoms with E-state index in [9.17, 15) is 5.11 Å². The van der Waals surface area contributed by atoms with Crippen LogP contribution in [0.5, 0.6) is 0 Å². The Kier molecular flexibility index (Phi) is 2.49. The molecule has 0 radical (unpaired) electrons. The molecule has 2 aliphatic rings. The number of aliphatic hydroxyl groups excluding tert-OH is 1. The maximum atomic E-state index is 10.3. The number of hydrogen-bond acceptors (Lipinski definition) is 2. The zero-order valence-corrected chi connectivity index (χ0v) is 9.47. The molecule has 86 valence electrons. The molecule has 0 bridgehead atoms. The molecule has 0 aliphatic heterocycles. The molecule has 0 heterocycles. The summed E-state index contributed by atoms with van der Waals surface area (Å²) >= 11 is 0. The zero-order chi connectivity index (χ0) is 11.1. The zero-order valence-electron chi connectivity index (χ0n) is 9.47. The maximum absolute atomic E-state index is 10.3. The second-order valence-corrected chi connectivity index (χ2v) is 5.20. The van der Waals surface area contributed by atoms with E-state index in [4.69, 9.17) is 5.73 Å². The van der Waals surface area contributed by atoms with E-state index in [1.807, 2.05) is 6.07 Å². The topological polar surface area (TPSA) is 46.2 Å². The first-order chi connectivity index (χ1) is 7.79. The summed E-state index contributed by atoms with van der Waals surface area (Å²) in [6, 6.07) is 8.21. The molecule has 1 saturated carbocycles. The molecule has 0 aromatic heterocycles. The molecule has 2 aliphatic carbocycles. The number of hydrogen-bond donors (Lipinski definition) is 2. The molecule has 1 aromatic carbocycles. The summed E-state index contributed by atoms with van der Waals surface area (Å²) in [5, 5.41) is 10.3.